The number of nitrogens with zero attached hydrogens (tertiary/aromatic N) is 2. The largest absolute Gasteiger partial charge is 0.312 e. The van der Waals surface area contributed by atoms with Gasteiger partial charge in [-0.3, -0.25) is 4.98 Å². The molecule has 0 spiro atoms. The van der Waals surface area contributed by atoms with E-state index in [9.17, 15) is 4.39 Å². The minimum absolute atomic E-state index is 0.178. The monoisotopic (exact) mass is 253 g/mol. The van der Waals surface area contributed by atoms with Crippen LogP contribution in [0.25, 0.3) is 0 Å². The highest BCUT2D eigenvalue weighted by Crippen LogP contribution is 2.15. The van der Waals surface area contributed by atoms with E-state index >= 15 is 0 Å². The maximum absolute atomic E-state index is 12.8. The summed E-state index contributed by atoms with van der Waals surface area (Å²) in [5.41, 5.74) is 0.899. The first kappa shape index (κ1) is 15.1. The number of hydrogen-bond donors (Lipinski definition) is 1. The Morgan fingerprint density at radius 1 is 1.44 bits per heavy atom. The summed E-state index contributed by atoms with van der Waals surface area (Å²) < 4.78 is 12.8. The molecule has 0 amide bonds. The molecule has 1 heterocycles. The van der Waals surface area contributed by atoms with Crippen molar-refractivity contribution in [1.29, 1.82) is 0 Å². The zero-order valence-corrected chi connectivity index (χ0v) is 11.8. The molecule has 1 rings (SSSR count). The Morgan fingerprint density at radius 3 is 2.67 bits per heavy atom. The van der Waals surface area contributed by atoms with E-state index in [4.69, 9.17) is 0 Å². The highest BCUT2D eigenvalue weighted by Gasteiger charge is 2.13. The molecule has 0 saturated carbocycles. The smallest absolute Gasteiger partial charge is 0.141 e. The first-order chi connectivity index (χ1) is 8.58. The Kier molecular flexibility index (Phi) is 6.22. The Labute approximate surface area is 109 Å². The molecule has 0 aromatic carbocycles. The van der Waals surface area contributed by atoms with Gasteiger partial charge in [0.05, 0.1) is 17.9 Å². The Balaban J connectivity index is 2.54. The van der Waals surface area contributed by atoms with Gasteiger partial charge < -0.3 is 10.2 Å². The van der Waals surface area contributed by atoms with Crippen LogP contribution in [0.1, 0.15) is 38.4 Å². The van der Waals surface area contributed by atoms with Crippen molar-refractivity contribution < 1.29 is 4.39 Å². The number of halogens is 1. The fraction of sp³-hybridized carbons (Fsp3) is 0.643. The van der Waals surface area contributed by atoms with Crippen LogP contribution < -0.4 is 5.32 Å². The van der Waals surface area contributed by atoms with Gasteiger partial charge in [0.25, 0.3) is 0 Å². The number of rotatable bonds is 7. The first-order valence-electron chi connectivity index (χ1n) is 6.57. The second-order valence-electron chi connectivity index (χ2n) is 4.77. The molecular weight excluding hydrogens is 229 g/mol. The fourth-order valence-corrected chi connectivity index (χ4v) is 1.90. The van der Waals surface area contributed by atoms with Gasteiger partial charge in [0.1, 0.15) is 5.82 Å². The van der Waals surface area contributed by atoms with Gasteiger partial charge in [-0.1, -0.05) is 6.92 Å². The summed E-state index contributed by atoms with van der Waals surface area (Å²) in [6.07, 6.45) is 3.39. The van der Waals surface area contributed by atoms with Crippen molar-refractivity contribution >= 4 is 0 Å². The molecule has 102 valence electrons. The maximum Gasteiger partial charge on any atom is 0.141 e. The highest BCUT2D eigenvalue weighted by atomic mass is 19.1. The lowest BCUT2D eigenvalue weighted by atomic mass is 10.1. The number of aromatic nitrogens is 1. The molecular formula is C14H24FN3. The lowest BCUT2D eigenvalue weighted by molar-refractivity contribution is 0.238. The molecule has 1 aromatic rings. The molecule has 0 saturated heterocycles. The van der Waals surface area contributed by atoms with E-state index in [2.05, 4.69) is 36.1 Å². The van der Waals surface area contributed by atoms with Crippen molar-refractivity contribution in [1.82, 2.24) is 15.2 Å². The standard InChI is InChI=1S/C14H24FN3/c1-5-11(2)18(4)9-8-13(16-3)14-7-6-12(15)10-17-14/h6-7,10-11,13,16H,5,8-9H2,1-4H3. The third-order valence-corrected chi connectivity index (χ3v) is 3.57. The van der Waals surface area contributed by atoms with E-state index in [1.165, 1.54) is 12.3 Å². The number of pyridine rings is 1. The van der Waals surface area contributed by atoms with Crippen LogP contribution in [0.5, 0.6) is 0 Å². The summed E-state index contributed by atoms with van der Waals surface area (Å²) in [6.45, 7) is 5.42. The molecule has 3 nitrogen and oxygen atoms in total. The molecule has 2 unspecified atom stereocenters. The van der Waals surface area contributed by atoms with Crippen LogP contribution in [-0.2, 0) is 0 Å². The van der Waals surface area contributed by atoms with Crippen molar-refractivity contribution in [2.75, 3.05) is 20.6 Å². The summed E-state index contributed by atoms with van der Waals surface area (Å²) in [4.78, 5) is 6.48. The fourth-order valence-electron chi connectivity index (χ4n) is 1.90. The van der Waals surface area contributed by atoms with Crippen LogP contribution >= 0.6 is 0 Å². The highest BCUT2D eigenvalue weighted by molar-refractivity contribution is 5.09. The van der Waals surface area contributed by atoms with Gasteiger partial charge in [-0.25, -0.2) is 4.39 Å². The van der Waals surface area contributed by atoms with Crippen LogP contribution in [0.15, 0.2) is 18.3 Å². The van der Waals surface area contributed by atoms with Gasteiger partial charge in [0.2, 0.25) is 0 Å². The van der Waals surface area contributed by atoms with Gasteiger partial charge in [0.15, 0.2) is 0 Å². The van der Waals surface area contributed by atoms with Crippen LogP contribution in [-0.4, -0.2) is 36.6 Å². The molecule has 0 aliphatic carbocycles. The molecule has 0 fully saturated rings. The van der Waals surface area contributed by atoms with E-state index < -0.39 is 0 Å². The quantitative estimate of drug-likeness (QED) is 0.809. The molecule has 0 aliphatic heterocycles. The third-order valence-electron chi connectivity index (χ3n) is 3.57. The number of nitrogens with one attached hydrogen (secondary N) is 1. The van der Waals surface area contributed by atoms with Crippen molar-refractivity contribution in [2.24, 2.45) is 0 Å². The minimum atomic E-state index is -0.287. The molecule has 1 N–H and O–H groups in total. The van der Waals surface area contributed by atoms with Crippen LogP contribution in [0.4, 0.5) is 4.39 Å². The summed E-state index contributed by atoms with van der Waals surface area (Å²) in [6, 6.07) is 3.98. The second kappa shape index (κ2) is 7.44. The molecule has 4 heteroatoms. The first-order valence-corrected chi connectivity index (χ1v) is 6.57. The van der Waals surface area contributed by atoms with Gasteiger partial charge in [-0.2, -0.15) is 0 Å². The Morgan fingerprint density at radius 2 is 2.17 bits per heavy atom. The molecule has 2 atom stereocenters. The third kappa shape index (κ3) is 4.35. The van der Waals surface area contributed by atoms with Gasteiger partial charge in [-0.15, -0.1) is 0 Å². The topological polar surface area (TPSA) is 28.2 Å². The molecule has 1 aromatic heterocycles. The van der Waals surface area contributed by atoms with Gasteiger partial charge >= 0.3 is 0 Å². The SMILES string of the molecule is CCC(C)N(C)CCC(NC)c1ccc(F)cn1. The molecule has 0 aliphatic rings. The zero-order valence-electron chi connectivity index (χ0n) is 11.8. The summed E-state index contributed by atoms with van der Waals surface area (Å²) in [7, 11) is 4.05. The van der Waals surface area contributed by atoms with Crippen molar-refractivity contribution in [2.45, 2.75) is 38.8 Å². The van der Waals surface area contributed by atoms with E-state index in [0.717, 1.165) is 25.1 Å². The summed E-state index contributed by atoms with van der Waals surface area (Å²) in [5, 5.41) is 3.24. The minimum Gasteiger partial charge on any atom is -0.312 e. The van der Waals surface area contributed by atoms with Crippen LogP contribution in [0.3, 0.4) is 0 Å². The zero-order chi connectivity index (χ0) is 13.5. The van der Waals surface area contributed by atoms with E-state index in [0.29, 0.717) is 6.04 Å². The van der Waals surface area contributed by atoms with E-state index in [1.807, 2.05) is 7.05 Å². The second-order valence-corrected chi connectivity index (χ2v) is 4.77. The average Bonchev–Trinajstić information content (AvgIpc) is 2.40. The lowest BCUT2D eigenvalue weighted by Crippen LogP contribution is -2.32. The van der Waals surface area contributed by atoms with E-state index in [1.54, 1.807) is 6.07 Å². The predicted molar refractivity (Wildman–Crippen MR) is 73.0 cm³/mol. The van der Waals surface area contributed by atoms with Crippen molar-refractivity contribution in [3.63, 3.8) is 0 Å². The normalized spacial score (nSPS) is 14.8. The van der Waals surface area contributed by atoms with E-state index in [-0.39, 0.29) is 11.9 Å². The average molecular weight is 253 g/mol. The Bertz CT molecular complexity index is 339. The van der Waals surface area contributed by atoms with Crippen LogP contribution in [0, 0.1) is 5.82 Å². The van der Waals surface area contributed by atoms with Crippen LogP contribution in [0.2, 0.25) is 0 Å². The Hall–Kier alpha value is -1.00. The maximum atomic E-state index is 12.8. The molecule has 0 bridgehead atoms. The van der Waals surface area contributed by atoms with Gasteiger partial charge in [0, 0.05) is 6.04 Å². The summed E-state index contributed by atoms with van der Waals surface area (Å²) >= 11 is 0. The summed E-state index contributed by atoms with van der Waals surface area (Å²) in [5.74, 6) is -0.287. The molecule has 18 heavy (non-hydrogen) atoms. The molecule has 0 radical (unpaired) electrons. The van der Waals surface area contributed by atoms with Crippen molar-refractivity contribution in [3.8, 4) is 0 Å². The van der Waals surface area contributed by atoms with Crippen molar-refractivity contribution in [3.05, 3.63) is 29.8 Å². The lowest BCUT2D eigenvalue weighted by Gasteiger charge is -2.25. The van der Waals surface area contributed by atoms with Gasteiger partial charge in [-0.05, 0) is 52.5 Å². The number of hydrogen-bond acceptors (Lipinski definition) is 3. The predicted octanol–water partition coefficient (Wildman–Crippen LogP) is 2.60.